The molecule has 0 aromatic heterocycles. The molecule has 1 unspecified atom stereocenters. The molecule has 3 nitrogen and oxygen atoms in total. The van der Waals surface area contributed by atoms with Crippen LogP contribution in [-0.2, 0) is 0 Å². The van der Waals surface area contributed by atoms with Gasteiger partial charge < -0.3 is 4.74 Å². The summed E-state index contributed by atoms with van der Waals surface area (Å²) in [4.78, 5) is 0. The molecule has 0 aliphatic rings. The maximum absolute atomic E-state index is 5.77. The Bertz CT molecular complexity index is 566. The Hall–Kier alpha value is -1.84. The molecule has 0 spiro atoms. The zero-order valence-corrected chi connectivity index (χ0v) is 11.6. The predicted molar refractivity (Wildman–Crippen MR) is 78.1 cm³/mol. The molecule has 0 saturated carbocycles. The smallest absolute Gasteiger partial charge is 0.124 e. The second-order valence-electron chi connectivity index (χ2n) is 4.63. The number of hydrogen-bond donors (Lipinski definition) is 2. The van der Waals surface area contributed by atoms with Crippen molar-refractivity contribution in [3.8, 4) is 5.75 Å². The molecule has 0 amide bonds. The van der Waals surface area contributed by atoms with E-state index in [0.29, 0.717) is 0 Å². The highest BCUT2D eigenvalue weighted by Crippen LogP contribution is 2.31. The first kappa shape index (κ1) is 13.6. The second kappa shape index (κ2) is 5.87. The van der Waals surface area contributed by atoms with Crippen LogP contribution in [-0.4, -0.2) is 7.11 Å². The van der Waals surface area contributed by atoms with E-state index in [1.54, 1.807) is 7.11 Å². The Morgan fingerprint density at radius 1 is 1.00 bits per heavy atom. The van der Waals surface area contributed by atoms with Gasteiger partial charge in [-0.1, -0.05) is 36.4 Å². The van der Waals surface area contributed by atoms with Gasteiger partial charge in [0.1, 0.15) is 5.75 Å². The third-order valence-corrected chi connectivity index (χ3v) is 3.57. The fourth-order valence-electron chi connectivity index (χ4n) is 2.34. The van der Waals surface area contributed by atoms with Gasteiger partial charge >= 0.3 is 0 Å². The van der Waals surface area contributed by atoms with Crippen LogP contribution in [0.5, 0.6) is 5.75 Å². The van der Waals surface area contributed by atoms with Crippen molar-refractivity contribution >= 4 is 0 Å². The van der Waals surface area contributed by atoms with Crippen molar-refractivity contribution in [2.24, 2.45) is 5.84 Å². The van der Waals surface area contributed by atoms with Gasteiger partial charge in [-0.3, -0.25) is 5.84 Å². The number of nitrogens with one attached hydrogen (secondary N) is 1. The lowest BCUT2D eigenvalue weighted by atomic mass is 9.92. The van der Waals surface area contributed by atoms with Crippen molar-refractivity contribution in [1.82, 2.24) is 5.43 Å². The Labute approximate surface area is 114 Å². The molecule has 0 aliphatic heterocycles. The van der Waals surface area contributed by atoms with Gasteiger partial charge in [-0.15, -0.1) is 0 Å². The summed E-state index contributed by atoms with van der Waals surface area (Å²) in [5.41, 5.74) is 7.62. The number of nitrogens with two attached hydrogens (primary N) is 1. The molecule has 100 valence electrons. The number of hydrazine groups is 1. The van der Waals surface area contributed by atoms with Crippen molar-refractivity contribution in [3.05, 3.63) is 64.7 Å². The monoisotopic (exact) mass is 256 g/mol. The van der Waals surface area contributed by atoms with Crippen LogP contribution in [0.2, 0.25) is 0 Å². The van der Waals surface area contributed by atoms with E-state index in [9.17, 15) is 0 Å². The highest BCUT2D eigenvalue weighted by Gasteiger charge is 2.18. The van der Waals surface area contributed by atoms with E-state index in [2.05, 4.69) is 37.5 Å². The van der Waals surface area contributed by atoms with E-state index in [1.165, 1.54) is 16.7 Å². The maximum atomic E-state index is 5.77. The number of para-hydroxylation sites is 1. The first-order chi connectivity index (χ1) is 9.19. The summed E-state index contributed by atoms with van der Waals surface area (Å²) in [5.74, 6) is 6.61. The summed E-state index contributed by atoms with van der Waals surface area (Å²) < 4.78 is 5.42. The van der Waals surface area contributed by atoms with Gasteiger partial charge in [-0.05, 0) is 36.6 Å². The van der Waals surface area contributed by atoms with Crippen LogP contribution in [0.1, 0.15) is 28.3 Å². The average molecular weight is 256 g/mol. The molecule has 0 aliphatic carbocycles. The predicted octanol–water partition coefficient (Wildman–Crippen LogP) is 2.86. The molecule has 3 N–H and O–H groups in total. The quantitative estimate of drug-likeness (QED) is 0.653. The number of rotatable bonds is 4. The molecular weight excluding hydrogens is 236 g/mol. The minimum Gasteiger partial charge on any atom is -0.496 e. The maximum Gasteiger partial charge on any atom is 0.124 e. The molecule has 1 atom stereocenters. The Kier molecular flexibility index (Phi) is 4.20. The number of ether oxygens (including phenoxy) is 1. The number of hydrogen-bond acceptors (Lipinski definition) is 3. The summed E-state index contributed by atoms with van der Waals surface area (Å²) in [6.07, 6.45) is 0. The topological polar surface area (TPSA) is 47.3 Å². The van der Waals surface area contributed by atoms with Crippen molar-refractivity contribution < 1.29 is 4.74 Å². The average Bonchev–Trinajstić information content (AvgIpc) is 2.45. The fourth-order valence-corrected chi connectivity index (χ4v) is 2.34. The molecule has 19 heavy (non-hydrogen) atoms. The third-order valence-electron chi connectivity index (χ3n) is 3.57. The van der Waals surface area contributed by atoms with E-state index < -0.39 is 0 Å². The third kappa shape index (κ3) is 2.62. The summed E-state index contributed by atoms with van der Waals surface area (Å²) >= 11 is 0. The van der Waals surface area contributed by atoms with Crippen LogP contribution in [0.15, 0.2) is 42.5 Å². The molecule has 2 rings (SSSR count). The molecular formula is C16H20N2O. The second-order valence-corrected chi connectivity index (χ2v) is 4.63. The van der Waals surface area contributed by atoms with Gasteiger partial charge in [-0.25, -0.2) is 5.43 Å². The lowest BCUT2D eigenvalue weighted by Gasteiger charge is -2.22. The van der Waals surface area contributed by atoms with Crippen LogP contribution >= 0.6 is 0 Å². The van der Waals surface area contributed by atoms with Gasteiger partial charge in [0.05, 0.1) is 13.2 Å². The summed E-state index contributed by atoms with van der Waals surface area (Å²) in [6, 6.07) is 14.1. The Balaban J connectivity index is 2.53. The number of benzene rings is 2. The normalized spacial score (nSPS) is 12.2. The van der Waals surface area contributed by atoms with Crippen LogP contribution in [0.3, 0.4) is 0 Å². The van der Waals surface area contributed by atoms with Crippen LogP contribution < -0.4 is 16.0 Å². The molecule has 0 saturated heterocycles. The van der Waals surface area contributed by atoms with E-state index in [-0.39, 0.29) is 6.04 Å². The van der Waals surface area contributed by atoms with Crippen LogP contribution in [0, 0.1) is 13.8 Å². The molecule has 0 fully saturated rings. The Morgan fingerprint density at radius 2 is 1.68 bits per heavy atom. The summed E-state index contributed by atoms with van der Waals surface area (Å²) in [7, 11) is 1.68. The van der Waals surface area contributed by atoms with Gasteiger partial charge in [0.2, 0.25) is 0 Å². The molecule has 0 radical (unpaired) electrons. The number of methoxy groups -OCH3 is 1. The molecule has 3 heteroatoms. The lowest BCUT2D eigenvalue weighted by Crippen LogP contribution is -2.29. The van der Waals surface area contributed by atoms with Crippen molar-refractivity contribution in [2.45, 2.75) is 19.9 Å². The highest BCUT2D eigenvalue weighted by molar-refractivity contribution is 5.45. The van der Waals surface area contributed by atoms with Gasteiger partial charge in [0.15, 0.2) is 0 Å². The summed E-state index contributed by atoms with van der Waals surface area (Å²) in [5, 5.41) is 0. The van der Waals surface area contributed by atoms with Crippen molar-refractivity contribution in [1.29, 1.82) is 0 Å². The van der Waals surface area contributed by atoms with Crippen LogP contribution in [0.4, 0.5) is 0 Å². The highest BCUT2D eigenvalue weighted by atomic mass is 16.5. The molecule has 2 aromatic rings. The van der Waals surface area contributed by atoms with E-state index in [4.69, 9.17) is 10.6 Å². The van der Waals surface area contributed by atoms with Gasteiger partial charge in [0.25, 0.3) is 0 Å². The van der Waals surface area contributed by atoms with E-state index in [0.717, 1.165) is 11.3 Å². The fraction of sp³-hybridized carbons (Fsp3) is 0.250. The van der Waals surface area contributed by atoms with E-state index >= 15 is 0 Å². The van der Waals surface area contributed by atoms with E-state index in [1.807, 2.05) is 24.3 Å². The van der Waals surface area contributed by atoms with Crippen molar-refractivity contribution in [2.75, 3.05) is 7.11 Å². The van der Waals surface area contributed by atoms with Gasteiger partial charge in [0, 0.05) is 5.56 Å². The van der Waals surface area contributed by atoms with Crippen molar-refractivity contribution in [3.63, 3.8) is 0 Å². The first-order valence-corrected chi connectivity index (χ1v) is 6.34. The minimum atomic E-state index is -0.0731. The molecule has 0 heterocycles. The largest absolute Gasteiger partial charge is 0.496 e. The SMILES string of the molecule is COc1ccccc1C(NN)c1cccc(C)c1C. The zero-order valence-electron chi connectivity index (χ0n) is 11.6. The molecule has 2 aromatic carbocycles. The Morgan fingerprint density at radius 3 is 2.37 bits per heavy atom. The van der Waals surface area contributed by atoms with Crippen LogP contribution in [0.25, 0.3) is 0 Å². The standard InChI is InChI=1S/C16H20N2O/c1-11-7-6-9-13(12(11)2)16(18-17)14-8-4-5-10-15(14)19-3/h4-10,16,18H,17H2,1-3H3. The minimum absolute atomic E-state index is 0.0731. The van der Waals surface area contributed by atoms with Gasteiger partial charge in [-0.2, -0.15) is 0 Å². The lowest BCUT2D eigenvalue weighted by molar-refractivity contribution is 0.404. The first-order valence-electron chi connectivity index (χ1n) is 6.34. The molecule has 0 bridgehead atoms. The summed E-state index contributed by atoms with van der Waals surface area (Å²) in [6.45, 7) is 4.22. The number of aryl methyl sites for hydroxylation is 1. The zero-order chi connectivity index (χ0) is 13.8.